The van der Waals surface area contributed by atoms with Gasteiger partial charge in [-0.25, -0.2) is 0 Å². The van der Waals surface area contributed by atoms with Crippen molar-refractivity contribution in [1.29, 1.82) is 0 Å². The zero-order valence-corrected chi connectivity index (χ0v) is 12.6. The molecule has 0 spiro atoms. The average Bonchev–Trinajstić information content (AvgIpc) is 3.05. The molecule has 0 bridgehead atoms. The summed E-state index contributed by atoms with van der Waals surface area (Å²) < 4.78 is 11.0. The zero-order valence-electron chi connectivity index (χ0n) is 12.6. The van der Waals surface area contributed by atoms with Gasteiger partial charge in [0.2, 0.25) is 0 Å². The van der Waals surface area contributed by atoms with Crippen LogP contribution in [0.2, 0.25) is 0 Å². The quantitative estimate of drug-likeness (QED) is 0.829. The van der Waals surface area contributed by atoms with Gasteiger partial charge in [-0.1, -0.05) is 6.07 Å². The Morgan fingerprint density at radius 3 is 2.71 bits per heavy atom. The molecule has 5 heteroatoms. The molecular weight excluding hydrogens is 268 g/mol. The highest BCUT2D eigenvalue weighted by Gasteiger charge is 2.18. The smallest absolute Gasteiger partial charge is 0.260 e. The summed E-state index contributed by atoms with van der Waals surface area (Å²) in [7, 11) is 1.61. The third-order valence-electron chi connectivity index (χ3n) is 3.71. The van der Waals surface area contributed by atoms with Crippen molar-refractivity contribution in [2.24, 2.45) is 5.73 Å². The van der Waals surface area contributed by atoms with Crippen molar-refractivity contribution in [3.63, 3.8) is 0 Å². The van der Waals surface area contributed by atoms with Crippen LogP contribution in [0.25, 0.3) is 0 Å². The Bertz CT molecular complexity index is 471. The Morgan fingerprint density at radius 1 is 1.29 bits per heavy atom. The SMILES string of the molecule is COc1cc(CCCN)ccc1OCC(=O)N1CCCC1. The van der Waals surface area contributed by atoms with Crippen molar-refractivity contribution in [3.05, 3.63) is 23.8 Å². The van der Waals surface area contributed by atoms with Gasteiger partial charge in [-0.3, -0.25) is 4.79 Å². The van der Waals surface area contributed by atoms with Crippen LogP contribution in [0.3, 0.4) is 0 Å². The number of nitrogens with two attached hydrogens (primary N) is 1. The molecule has 116 valence electrons. The number of carbonyl (C=O) groups is 1. The summed E-state index contributed by atoms with van der Waals surface area (Å²) in [5, 5.41) is 0. The second-order valence-corrected chi connectivity index (χ2v) is 5.25. The highest BCUT2D eigenvalue weighted by Crippen LogP contribution is 2.28. The minimum Gasteiger partial charge on any atom is -0.493 e. The number of ether oxygens (including phenoxy) is 2. The van der Waals surface area contributed by atoms with Gasteiger partial charge in [-0.05, 0) is 49.9 Å². The maximum absolute atomic E-state index is 12.0. The van der Waals surface area contributed by atoms with Gasteiger partial charge in [0, 0.05) is 13.1 Å². The van der Waals surface area contributed by atoms with E-state index in [2.05, 4.69) is 0 Å². The summed E-state index contributed by atoms with van der Waals surface area (Å²) in [6.07, 6.45) is 4.03. The highest BCUT2D eigenvalue weighted by molar-refractivity contribution is 5.78. The first-order valence-electron chi connectivity index (χ1n) is 7.52. The van der Waals surface area contributed by atoms with Crippen molar-refractivity contribution in [3.8, 4) is 11.5 Å². The fourth-order valence-electron chi connectivity index (χ4n) is 2.49. The molecule has 21 heavy (non-hydrogen) atoms. The van der Waals surface area contributed by atoms with Crippen LogP contribution in [0.1, 0.15) is 24.8 Å². The summed E-state index contributed by atoms with van der Waals surface area (Å²) in [5.74, 6) is 1.32. The third-order valence-corrected chi connectivity index (χ3v) is 3.71. The molecule has 0 saturated carbocycles. The predicted octanol–water partition coefficient (Wildman–Crippen LogP) is 1.59. The number of methoxy groups -OCH3 is 1. The van der Waals surface area contributed by atoms with Crippen LogP contribution in [-0.2, 0) is 11.2 Å². The second-order valence-electron chi connectivity index (χ2n) is 5.25. The number of hydrogen-bond acceptors (Lipinski definition) is 4. The molecule has 1 saturated heterocycles. The van der Waals surface area contributed by atoms with E-state index >= 15 is 0 Å². The van der Waals surface area contributed by atoms with E-state index in [1.165, 1.54) is 0 Å². The van der Waals surface area contributed by atoms with E-state index < -0.39 is 0 Å². The van der Waals surface area contributed by atoms with Crippen LogP contribution in [0, 0.1) is 0 Å². The van der Waals surface area contributed by atoms with Crippen molar-refractivity contribution in [2.45, 2.75) is 25.7 Å². The molecule has 1 heterocycles. The number of benzene rings is 1. The number of rotatable bonds is 7. The second kappa shape index (κ2) is 7.88. The van der Waals surface area contributed by atoms with Crippen LogP contribution < -0.4 is 15.2 Å². The Labute approximate surface area is 126 Å². The molecule has 1 fully saturated rings. The van der Waals surface area contributed by atoms with Crippen molar-refractivity contribution < 1.29 is 14.3 Å². The molecule has 2 N–H and O–H groups in total. The van der Waals surface area contributed by atoms with E-state index in [0.29, 0.717) is 18.0 Å². The molecule has 1 aliphatic rings. The monoisotopic (exact) mass is 292 g/mol. The predicted molar refractivity (Wildman–Crippen MR) is 81.7 cm³/mol. The summed E-state index contributed by atoms with van der Waals surface area (Å²) in [5.41, 5.74) is 6.68. The van der Waals surface area contributed by atoms with Gasteiger partial charge in [-0.2, -0.15) is 0 Å². The summed E-state index contributed by atoms with van der Waals surface area (Å²) in [6, 6.07) is 5.81. The molecule has 1 aliphatic heterocycles. The summed E-state index contributed by atoms with van der Waals surface area (Å²) in [6.45, 7) is 2.43. The number of hydrogen-bond donors (Lipinski definition) is 1. The molecule has 5 nitrogen and oxygen atoms in total. The van der Waals surface area contributed by atoms with Crippen LogP contribution in [0.5, 0.6) is 11.5 Å². The maximum Gasteiger partial charge on any atom is 0.260 e. The van der Waals surface area contributed by atoms with Gasteiger partial charge in [0.1, 0.15) is 0 Å². The Hall–Kier alpha value is -1.75. The molecule has 0 aromatic heterocycles. The van der Waals surface area contributed by atoms with Gasteiger partial charge in [0.25, 0.3) is 5.91 Å². The lowest BCUT2D eigenvalue weighted by molar-refractivity contribution is -0.132. The largest absolute Gasteiger partial charge is 0.493 e. The molecule has 2 rings (SSSR count). The van der Waals surface area contributed by atoms with Gasteiger partial charge in [-0.15, -0.1) is 0 Å². The molecule has 0 radical (unpaired) electrons. The Morgan fingerprint density at radius 2 is 2.05 bits per heavy atom. The first-order chi connectivity index (χ1) is 10.2. The van der Waals surface area contributed by atoms with E-state index in [0.717, 1.165) is 44.3 Å². The molecule has 1 aromatic carbocycles. The van der Waals surface area contributed by atoms with E-state index in [1.54, 1.807) is 7.11 Å². The Balaban J connectivity index is 1.93. The van der Waals surface area contributed by atoms with Crippen molar-refractivity contribution in [2.75, 3.05) is 33.4 Å². The molecular formula is C16H24N2O3. The molecule has 1 amide bonds. The molecule has 0 atom stereocenters. The Kier molecular flexibility index (Phi) is 5.87. The minimum absolute atomic E-state index is 0.0433. The van der Waals surface area contributed by atoms with Crippen LogP contribution in [-0.4, -0.2) is 44.2 Å². The number of carbonyl (C=O) groups excluding carboxylic acids is 1. The van der Waals surface area contributed by atoms with Gasteiger partial charge >= 0.3 is 0 Å². The van der Waals surface area contributed by atoms with Crippen LogP contribution in [0.15, 0.2) is 18.2 Å². The molecule has 0 aliphatic carbocycles. The van der Waals surface area contributed by atoms with Crippen LogP contribution in [0.4, 0.5) is 0 Å². The fourth-order valence-corrected chi connectivity index (χ4v) is 2.49. The number of amides is 1. The summed E-state index contributed by atoms with van der Waals surface area (Å²) >= 11 is 0. The standard InChI is InChI=1S/C16H24N2O3/c1-20-15-11-13(5-4-8-17)6-7-14(15)21-12-16(19)18-9-2-3-10-18/h6-7,11H,2-5,8-10,12,17H2,1H3. The topological polar surface area (TPSA) is 64.8 Å². The first kappa shape index (κ1) is 15.6. The number of likely N-dealkylation sites (tertiary alicyclic amines) is 1. The normalized spacial score (nSPS) is 14.3. The van der Waals surface area contributed by atoms with Crippen LogP contribution >= 0.6 is 0 Å². The average molecular weight is 292 g/mol. The van der Waals surface area contributed by atoms with E-state index in [4.69, 9.17) is 15.2 Å². The maximum atomic E-state index is 12.0. The molecule has 0 unspecified atom stereocenters. The lowest BCUT2D eigenvalue weighted by Crippen LogP contribution is -2.32. The summed E-state index contributed by atoms with van der Waals surface area (Å²) in [4.78, 5) is 13.8. The number of aryl methyl sites for hydroxylation is 1. The first-order valence-corrected chi connectivity index (χ1v) is 7.52. The van der Waals surface area contributed by atoms with E-state index in [-0.39, 0.29) is 12.5 Å². The molecule has 1 aromatic rings. The van der Waals surface area contributed by atoms with Crippen molar-refractivity contribution >= 4 is 5.91 Å². The highest BCUT2D eigenvalue weighted by atomic mass is 16.5. The fraction of sp³-hybridized carbons (Fsp3) is 0.562. The lowest BCUT2D eigenvalue weighted by atomic mass is 10.1. The third kappa shape index (κ3) is 4.36. The van der Waals surface area contributed by atoms with Gasteiger partial charge in [0.05, 0.1) is 7.11 Å². The van der Waals surface area contributed by atoms with Crippen molar-refractivity contribution in [1.82, 2.24) is 4.90 Å². The minimum atomic E-state index is 0.0433. The van der Waals surface area contributed by atoms with Gasteiger partial charge in [0.15, 0.2) is 18.1 Å². The lowest BCUT2D eigenvalue weighted by Gasteiger charge is -2.17. The van der Waals surface area contributed by atoms with E-state index in [9.17, 15) is 4.79 Å². The van der Waals surface area contributed by atoms with Gasteiger partial charge < -0.3 is 20.1 Å². The van der Waals surface area contributed by atoms with E-state index in [1.807, 2.05) is 23.1 Å². The number of nitrogens with zero attached hydrogens (tertiary/aromatic N) is 1. The zero-order chi connectivity index (χ0) is 15.1.